The van der Waals surface area contributed by atoms with Gasteiger partial charge in [-0.1, -0.05) is 23.7 Å². The summed E-state index contributed by atoms with van der Waals surface area (Å²) in [6, 6.07) is 9.53. The lowest BCUT2D eigenvalue weighted by Gasteiger charge is -2.15. The Bertz CT molecular complexity index is 1400. The number of fused-ring (bicyclic) bond motifs is 1. The molecule has 1 amide bonds. The topological polar surface area (TPSA) is 119 Å². The molecule has 2 N–H and O–H groups in total. The summed E-state index contributed by atoms with van der Waals surface area (Å²) in [5.41, 5.74) is 2.47. The fourth-order valence-corrected chi connectivity index (χ4v) is 5.25. The van der Waals surface area contributed by atoms with Crippen LogP contribution in [0.5, 0.6) is 5.75 Å². The van der Waals surface area contributed by atoms with Crippen molar-refractivity contribution in [1.29, 1.82) is 0 Å². The number of carbonyl (C=O) groups excluding carboxylic acids is 2. The second-order valence-corrected chi connectivity index (χ2v) is 9.68. The van der Waals surface area contributed by atoms with Gasteiger partial charge < -0.3 is 10.1 Å². The molecule has 0 fully saturated rings. The molecule has 11 heteroatoms. The van der Waals surface area contributed by atoms with E-state index >= 15 is 0 Å². The van der Waals surface area contributed by atoms with Crippen molar-refractivity contribution >= 4 is 44.9 Å². The molecule has 9 nitrogen and oxygen atoms in total. The molecule has 0 unspecified atom stereocenters. The lowest BCUT2D eigenvalue weighted by molar-refractivity contribution is -0.116. The number of hydrogen-bond donors (Lipinski definition) is 2. The first kappa shape index (κ1) is 22.8. The largest absolute Gasteiger partial charge is 0.495 e. The van der Waals surface area contributed by atoms with Crippen molar-refractivity contribution in [2.75, 3.05) is 17.1 Å². The highest BCUT2D eigenvalue weighted by Crippen LogP contribution is 2.37. The first-order valence-corrected chi connectivity index (χ1v) is 11.9. The van der Waals surface area contributed by atoms with Gasteiger partial charge >= 0.3 is 0 Å². The molecule has 0 saturated heterocycles. The van der Waals surface area contributed by atoms with E-state index in [4.69, 9.17) is 16.3 Å². The smallest absolute Gasteiger partial charge is 0.265 e. The van der Waals surface area contributed by atoms with E-state index in [0.717, 1.165) is 10.2 Å². The molecule has 0 atom stereocenters. The molecule has 3 aromatic rings. The van der Waals surface area contributed by atoms with Gasteiger partial charge in [0.15, 0.2) is 0 Å². The highest BCUT2D eigenvalue weighted by Gasteiger charge is 2.28. The minimum Gasteiger partial charge on any atom is -0.495 e. The first-order chi connectivity index (χ1) is 15.6. The van der Waals surface area contributed by atoms with Crippen molar-refractivity contribution in [2.24, 2.45) is 0 Å². The van der Waals surface area contributed by atoms with Gasteiger partial charge in [0.2, 0.25) is 11.8 Å². The summed E-state index contributed by atoms with van der Waals surface area (Å²) < 4.78 is 35.5. The van der Waals surface area contributed by atoms with Crippen LogP contribution in [0.3, 0.4) is 0 Å². The first-order valence-electron chi connectivity index (χ1n) is 10.0. The van der Waals surface area contributed by atoms with Crippen molar-refractivity contribution in [1.82, 2.24) is 9.78 Å². The highest BCUT2D eigenvalue weighted by molar-refractivity contribution is 7.92. The molecule has 33 heavy (non-hydrogen) atoms. The average molecular weight is 489 g/mol. The maximum atomic E-state index is 13.3. The summed E-state index contributed by atoms with van der Waals surface area (Å²) in [5.74, 6) is -0.316. The Labute approximate surface area is 195 Å². The van der Waals surface area contributed by atoms with Crippen molar-refractivity contribution in [3.8, 4) is 16.9 Å². The van der Waals surface area contributed by atoms with E-state index in [0.29, 0.717) is 16.8 Å². The Morgan fingerprint density at radius 1 is 1.12 bits per heavy atom. The van der Waals surface area contributed by atoms with E-state index in [1.54, 1.807) is 31.2 Å². The molecule has 2 heterocycles. The summed E-state index contributed by atoms with van der Waals surface area (Å²) in [4.78, 5) is 24.4. The summed E-state index contributed by atoms with van der Waals surface area (Å²) in [6.45, 7) is 3.52. The molecule has 0 bridgehead atoms. The number of ether oxygens (including phenoxy) is 1. The molecule has 1 aliphatic heterocycles. The number of aryl methyl sites for hydroxylation is 2. The minimum atomic E-state index is -4.11. The number of methoxy groups -OCH3 is 1. The third kappa shape index (κ3) is 4.31. The molecule has 172 valence electrons. The second-order valence-electron chi connectivity index (χ2n) is 7.62. The predicted octanol–water partition coefficient (Wildman–Crippen LogP) is 4.00. The van der Waals surface area contributed by atoms with Gasteiger partial charge in [-0.2, -0.15) is 9.78 Å². The standard InChI is InChI=1S/C22H21ClN4O5S/c1-12-4-6-16(15(23)10-12)26-33(30,31)18-11-14(5-7-17(18)32-3)21-13(2)25-27-20(29)9-8-19(28)24-22(21)27/h4-7,10-11,26H,8-9H2,1-3H3,(H,24,28). The monoisotopic (exact) mass is 488 g/mol. The van der Waals surface area contributed by atoms with Crippen molar-refractivity contribution in [2.45, 2.75) is 31.6 Å². The lowest BCUT2D eigenvalue weighted by atomic mass is 10.1. The van der Waals surface area contributed by atoms with Crippen LogP contribution in [0.2, 0.25) is 5.02 Å². The van der Waals surface area contributed by atoms with Crippen LogP contribution < -0.4 is 14.8 Å². The van der Waals surface area contributed by atoms with Crippen LogP contribution in [0.4, 0.5) is 11.5 Å². The number of anilines is 2. The molecular weight excluding hydrogens is 468 g/mol. The van der Waals surface area contributed by atoms with Gasteiger partial charge in [-0.3, -0.25) is 14.3 Å². The number of benzene rings is 2. The number of halogens is 1. The van der Waals surface area contributed by atoms with Gasteiger partial charge in [-0.25, -0.2) is 8.42 Å². The molecule has 1 aromatic heterocycles. The van der Waals surface area contributed by atoms with Gasteiger partial charge in [0.1, 0.15) is 16.5 Å². The van der Waals surface area contributed by atoms with Crippen LogP contribution in [0, 0.1) is 13.8 Å². The number of aromatic nitrogens is 2. The summed E-state index contributed by atoms with van der Waals surface area (Å²) in [6.07, 6.45) is 0.0764. The Kier molecular flexibility index (Phi) is 5.89. The molecule has 1 aliphatic rings. The predicted molar refractivity (Wildman–Crippen MR) is 124 cm³/mol. The number of rotatable bonds is 5. The number of nitrogens with zero attached hydrogens (tertiary/aromatic N) is 2. The van der Waals surface area contributed by atoms with E-state index in [2.05, 4.69) is 15.1 Å². The van der Waals surface area contributed by atoms with Crippen LogP contribution in [-0.2, 0) is 14.8 Å². The summed E-state index contributed by atoms with van der Waals surface area (Å²) in [7, 11) is -2.74. The van der Waals surface area contributed by atoms with Crippen LogP contribution in [-0.4, -0.2) is 37.1 Å². The van der Waals surface area contributed by atoms with Gasteiger partial charge in [0.05, 0.1) is 23.5 Å². The third-order valence-corrected chi connectivity index (χ3v) is 6.93. The van der Waals surface area contributed by atoms with Crippen LogP contribution >= 0.6 is 11.6 Å². The van der Waals surface area contributed by atoms with Gasteiger partial charge in [-0.05, 0) is 49.2 Å². The van der Waals surface area contributed by atoms with E-state index in [-0.39, 0.29) is 51.8 Å². The Hall–Kier alpha value is -3.37. The number of carbonyl (C=O) groups is 2. The fourth-order valence-electron chi connectivity index (χ4n) is 3.63. The molecule has 4 rings (SSSR count). The maximum absolute atomic E-state index is 13.3. The van der Waals surface area contributed by atoms with E-state index in [1.165, 1.54) is 19.2 Å². The van der Waals surface area contributed by atoms with E-state index in [1.807, 2.05) is 6.92 Å². The van der Waals surface area contributed by atoms with Crippen molar-refractivity contribution in [3.05, 3.63) is 52.7 Å². The van der Waals surface area contributed by atoms with Crippen LogP contribution in [0.1, 0.15) is 28.9 Å². The molecule has 2 aromatic carbocycles. The van der Waals surface area contributed by atoms with Gasteiger partial charge in [0, 0.05) is 18.4 Å². The van der Waals surface area contributed by atoms with Crippen molar-refractivity contribution in [3.63, 3.8) is 0 Å². The second kappa shape index (κ2) is 8.53. The SMILES string of the molecule is COc1ccc(-c2c(C)nn3c2NC(=O)CCC3=O)cc1S(=O)(=O)Nc1ccc(C)cc1Cl. The maximum Gasteiger partial charge on any atom is 0.265 e. The zero-order valence-electron chi connectivity index (χ0n) is 18.1. The van der Waals surface area contributed by atoms with E-state index in [9.17, 15) is 18.0 Å². The average Bonchev–Trinajstić information content (AvgIpc) is 3.02. The fraction of sp³-hybridized carbons (Fsp3) is 0.227. The Morgan fingerprint density at radius 2 is 1.88 bits per heavy atom. The molecule has 0 radical (unpaired) electrons. The number of sulfonamides is 1. The zero-order valence-corrected chi connectivity index (χ0v) is 19.7. The normalized spacial score (nSPS) is 13.8. The molecule has 0 spiro atoms. The Morgan fingerprint density at radius 3 is 2.58 bits per heavy atom. The van der Waals surface area contributed by atoms with Crippen LogP contribution in [0.25, 0.3) is 11.1 Å². The molecular formula is C22H21ClN4O5S. The zero-order chi connectivity index (χ0) is 23.9. The summed E-state index contributed by atoms with van der Waals surface area (Å²) in [5, 5.41) is 7.23. The van der Waals surface area contributed by atoms with Gasteiger partial charge in [-0.15, -0.1) is 0 Å². The number of amides is 1. The van der Waals surface area contributed by atoms with Crippen molar-refractivity contribution < 1.29 is 22.7 Å². The van der Waals surface area contributed by atoms with Crippen LogP contribution in [0.15, 0.2) is 41.3 Å². The lowest BCUT2D eigenvalue weighted by Crippen LogP contribution is -2.15. The minimum absolute atomic E-state index is 0.0306. The van der Waals surface area contributed by atoms with Gasteiger partial charge in [0.25, 0.3) is 10.0 Å². The van der Waals surface area contributed by atoms with E-state index < -0.39 is 10.0 Å². The molecule has 0 aliphatic carbocycles. The summed E-state index contributed by atoms with van der Waals surface area (Å²) >= 11 is 6.21. The third-order valence-electron chi connectivity index (χ3n) is 5.23. The highest BCUT2D eigenvalue weighted by atomic mass is 35.5. The molecule has 0 saturated carbocycles. The quantitative estimate of drug-likeness (QED) is 0.560. The Balaban J connectivity index is 1.83. The number of nitrogens with one attached hydrogen (secondary N) is 2. The number of hydrogen-bond acceptors (Lipinski definition) is 6.